The molecule has 7 rings (SSSR count). The molecule has 2 aromatic carbocycles. The van der Waals surface area contributed by atoms with Gasteiger partial charge in [-0.3, -0.25) is 23.3 Å². The van der Waals surface area contributed by atoms with Crippen LogP contribution in [0.5, 0.6) is 5.75 Å². The molecule has 0 N–H and O–H groups in total. The number of methoxy groups -OCH3 is 1. The van der Waals surface area contributed by atoms with E-state index in [9.17, 15) is 14.4 Å². The van der Waals surface area contributed by atoms with Gasteiger partial charge in [0, 0.05) is 23.8 Å². The first kappa shape index (κ1) is 25.9. The summed E-state index contributed by atoms with van der Waals surface area (Å²) in [4.78, 5) is 39.8. The van der Waals surface area contributed by atoms with Crippen LogP contribution in [0.2, 0.25) is 0 Å². The molecule has 2 aromatic heterocycles. The Kier molecular flexibility index (Phi) is 6.02. The predicted molar refractivity (Wildman–Crippen MR) is 146 cm³/mol. The SMILES string of the molecule is COc1ccc(Cn2c(=O)ccn([C@@H]3O[C@H]([C@@H]4O[C@H]4C(=O)n4ccc5ccccc54)[C@H]4OC(C)(C)O[C@H]43)c2=O)cc1. The summed E-state index contributed by atoms with van der Waals surface area (Å²) in [5, 5.41) is 0.953. The summed E-state index contributed by atoms with van der Waals surface area (Å²) in [6.07, 6.45) is -0.985. The third kappa shape index (κ3) is 4.41. The average Bonchev–Trinajstić information content (AvgIpc) is 3.36. The Morgan fingerprint density at radius 3 is 2.41 bits per heavy atom. The molecule has 3 aliphatic rings. The Morgan fingerprint density at radius 1 is 0.878 bits per heavy atom. The second-order valence-corrected chi connectivity index (χ2v) is 10.9. The molecule has 0 spiro atoms. The van der Waals surface area contributed by atoms with Crippen LogP contribution in [0.15, 0.2) is 82.6 Å². The van der Waals surface area contributed by atoms with E-state index >= 15 is 0 Å². The van der Waals surface area contributed by atoms with Gasteiger partial charge in [0.2, 0.25) is 0 Å². The molecule has 5 heterocycles. The van der Waals surface area contributed by atoms with E-state index in [0.717, 1.165) is 21.0 Å². The molecule has 3 aliphatic heterocycles. The molecule has 11 nitrogen and oxygen atoms in total. The van der Waals surface area contributed by atoms with E-state index in [0.29, 0.717) is 5.75 Å². The molecule has 4 aromatic rings. The van der Waals surface area contributed by atoms with E-state index in [4.69, 9.17) is 23.7 Å². The van der Waals surface area contributed by atoms with Gasteiger partial charge in [-0.05, 0) is 43.7 Å². The summed E-state index contributed by atoms with van der Waals surface area (Å²) >= 11 is 0. The quantitative estimate of drug-likeness (QED) is 0.331. The van der Waals surface area contributed by atoms with Gasteiger partial charge in [0.1, 0.15) is 30.2 Å². The van der Waals surface area contributed by atoms with Crippen LogP contribution in [-0.2, 0) is 25.5 Å². The molecule has 0 aliphatic carbocycles. The van der Waals surface area contributed by atoms with Crippen molar-refractivity contribution in [3.05, 3.63) is 99.5 Å². The summed E-state index contributed by atoms with van der Waals surface area (Å²) in [7, 11) is 1.57. The van der Waals surface area contributed by atoms with Crippen molar-refractivity contribution in [1.82, 2.24) is 13.7 Å². The zero-order valence-electron chi connectivity index (χ0n) is 22.7. The van der Waals surface area contributed by atoms with Crippen LogP contribution < -0.4 is 16.0 Å². The van der Waals surface area contributed by atoms with Crippen molar-refractivity contribution in [3.63, 3.8) is 0 Å². The third-order valence-corrected chi connectivity index (χ3v) is 7.86. The minimum Gasteiger partial charge on any atom is -0.497 e. The lowest BCUT2D eigenvalue weighted by atomic mass is 10.1. The highest BCUT2D eigenvalue weighted by atomic mass is 16.8. The van der Waals surface area contributed by atoms with Crippen molar-refractivity contribution in [2.45, 2.75) is 62.9 Å². The Balaban J connectivity index is 1.17. The van der Waals surface area contributed by atoms with Crippen molar-refractivity contribution in [2.24, 2.45) is 0 Å². The average molecular weight is 560 g/mol. The Labute approximate surface area is 234 Å². The number of para-hydroxylation sites is 1. The fourth-order valence-electron chi connectivity index (χ4n) is 5.86. The maximum absolute atomic E-state index is 13.6. The maximum Gasteiger partial charge on any atom is 0.333 e. The van der Waals surface area contributed by atoms with E-state index in [-0.39, 0.29) is 12.5 Å². The molecular weight excluding hydrogens is 530 g/mol. The third-order valence-electron chi connectivity index (χ3n) is 7.86. The van der Waals surface area contributed by atoms with E-state index < -0.39 is 53.8 Å². The highest BCUT2D eigenvalue weighted by Crippen LogP contribution is 2.47. The van der Waals surface area contributed by atoms with E-state index in [2.05, 4.69) is 0 Å². The largest absolute Gasteiger partial charge is 0.497 e. The number of nitrogens with zero attached hydrogens (tertiary/aromatic N) is 3. The van der Waals surface area contributed by atoms with Crippen molar-refractivity contribution in [1.29, 1.82) is 0 Å². The van der Waals surface area contributed by atoms with Crippen molar-refractivity contribution < 1.29 is 28.5 Å². The molecule has 212 valence electrons. The summed E-state index contributed by atoms with van der Waals surface area (Å²) < 4.78 is 33.9. The van der Waals surface area contributed by atoms with E-state index in [1.54, 1.807) is 56.0 Å². The molecule has 3 fully saturated rings. The van der Waals surface area contributed by atoms with Gasteiger partial charge in [0.25, 0.3) is 11.5 Å². The van der Waals surface area contributed by atoms with Gasteiger partial charge in [0.15, 0.2) is 18.1 Å². The fourth-order valence-corrected chi connectivity index (χ4v) is 5.86. The first-order valence-corrected chi connectivity index (χ1v) is 13.5. The second-order valence-electron chi connectivity index (χ2n) is 10.9. The summed E-state index contributed by atoms with van der Waals surface area (Å²) in [5.74, 6) is -0.474. The summed E-state index contributed by atoms with van der Waals surface area (Å²) in [6.45, 7) is 3.65. The number of ether oxygens (including phenoxy) is 5. The minimum absolute atomic E-state index is 0.0722. The van der Waals surface area contributed by atoms with Crippen LogP contribution in [0.25, 0.3) is 10.9 Å². The van der Waals surface area contributed by atoms with Gasteiger partial charge in [-0.25, -0.2) is 4.79 Å². The van der Waals surface area contributed by atoms with Crippen molar-refractivity contribution in [2.75, 3.05) is 7.11 Å². The summed E-state index contributed by atoms with van der Waals surface area (Å²) in [6, 6.07) is 18.0. The smallest absolute Gasteiger partial charge is 0.333 e. The molecule has 11 heteroatoms. The number of benzene rings is 2. The number of epoxide rings is 1. The number of aromatic nitrogens is 3. The lowest BCUT2D eigenvalue weighted by Crippen LogP contribution is -2.43. The number of rotatable bonds is 6. The van der Waals surface area contributed by atoms with Crippen molar-refractivity contribution >= 4 is 16.8 Å². The van der Waals surface area contributed by atoms with E-state index in [1.807, 2.05) is 30.3 Å². The first-order valence-electron chi connectivity index (χ1n) is 13.5. The Morgan fingerprint density at radius 2 is 1.63 bits per heavy atom. The fraction of sp³-hybridized carbons (Fsp3) is 0.367. The topological polar surface area (TPSA) is 115 Å². The zero-order chi connectivity index (χ0) is 28.5. The molecule has 41 heavy (non-hydrogen) atoms. The standard InChI is InChI=1S/C30H29N3O8/c1-30(2)40-24-22(23-25(38-23)27(35)31-14-12-18-6-4-5-7-20(18)31)39-28(26(24)41-30)32-15-13-21(34)33(29(32)36)16-17-8-10-19(37-3)11-9-17/h4-15,22-26,28H,16H2,1-3H3/t22-,23+,24-,25-,26-,28-/m1/s1. The number of carbonyl (C=O) groups is 1. The van der Waals surface area contributed by atoms with Crippen LogP contribution in [0.3, 0.4) is 0 Å². The minimum atomic E-state index is -0.943. The molecule has 6 atom stereocenters. The van der Waals surface area contributed by atoms with Gasteiger partial charge in [-0.15, -0.1) is 0 Å². The normalized spacial score (nSPS) is 28.1. The Hall–Kier alpha value is -4.03. The van der Waals surface area contributed by atoms with Gasteiger partial charge < -0.3 is 23.7 Å². The second kappa shape index (κ2) is 9.52. The Bertz CT molecular complexity index is 1750. The van der Waals surface area contributed by atoms with Gasteiger partial charge in [-0.2, -0.15) is 0 Å². The molecular formula is C30H29N3O8. The summed E-state index contributed by atoms with van der Waals surface area (Å²) in [5.41, 5.74) is 0.571. The maximum atomic E-state index is 13.6. The first-order chi connectivity index (χ1) is 19.7. The number of hydrogen-bond acceptors (Lipinski definition) is 8. The molecule has 0 radical (unpaired) electrons. The van der Waals surface area contributed by atoms with Crippen LogP contribution >= 0.6 is 0 Å². The molecule has 0 amide bonds. The highest BCUT2D eigenvalue weighted by molar-refractivity contribution is 5.96. The van der Waals surface area contributed by atoms with Crippen LogP contribution in [0.1, 0.15) is 30.4 Å². The van der Waals surface area contributed by atoms with Crippen LogP contribution in [-0.4, -0.2) is 63.0 Å². The monoisotopic (exact) mass is 559 g/mol. The van der Waals surface area contributed by atoms with Gasteiger partial charge in [0.05, 0.1) is 19.2 Å². The molecule has 0 unspecified atom stereocenters. The van der Waals surface area contributed by atoms with Crippen LogP contribution in [0.4, 0.5) is 0 Å². The highest BCUT2D eigenvalue weighted by Gasteiger charge is 2.64. The van der Waals surface area contributed by atoms with Crippen LogP contribution in [0, 0.1) is 0 Å². The van der Waals surface area contributed by atoms with E-state index in [1.165, 1.54) is 16.8 Å². The number of fused-ring (bicyclic) bond motifs is 2. The lowest BCUT2D eigenvalue weighted by Gasteiger charge is -2.25. The van der Waals surface area contributed by atoms with Gasteiger partial charge >= 0.3 is 5.69 Å². The molecule has 3 saturated heterocycles. The lowest BCUT2D eigenvalue weighted by molar-refractivity contribution is -0.199. The van der Waals surface area contributed by atoms with Gasteiger partial charge in [-0.1, -0.05) is 30.3 Å². The zero-order valence-corrected chi connectivity index (χ0v) is 22.7. The number of carbonyl (C=O) groups excluding carboxylic acids is 1. The predicted octanol–water partition coefficient (Wildman–Crippen LogP) is 2.55. The molecule has 0 saturated carbocycles. The number of hydrogen-bond donors (Lipinski definition) is 0. The molecule has 0 bridgehead atoms. The van der Waals surface area contributed by atoms with Crippen molar-refractivity contribution in [3.8, 4) is 5.75 Å².